The highest BCUT2D eigenvalue weighted by Crippen LogP contribution is 2.23. The molecule has 2 aromatic carbocycles. The number of pyridine rings is 1. The minimum absolute atomic E-state index is 0.180. The van der Waals surface area contributed by atoms with Gasteiger partial charge >= 0.3 is 0 Å². The number of aromatic nitrogens is 1. The van der Waals surface area contributed by atoms with Crippen LogP contribution in [0.4, 0.5) is 4.39 Å². The number of benzene rings is 2. The Hall–Kier alpha value is -2.95. The average Bonchev–Trinajstić information content (AvgIpc) is 2.65. The molecule has 0 saturated carbocycles. The lowest BCUT2D eigenvalue weighted by Gasteiger charge is -2.18. The molecule has 25 heavy (non-hydrogen) atoms. The second kappa shape index (κ2) is 7.30. The van der Waals surface area contributed by atoms with Crippen LogP contribution in [0.25, 0.3) is 10.9 Å². The summed E-state index contributed by atoms with van der Waals surface area (Å²) in [5.74, 6) is -0.0423. The molecule has 0 fully saturated rings. The van der Waals surface area contributed by atoms with Crippen LogP contribution in [0.2, 0.25) is 0 Å². The van der Waals surface area contributed by atoms with Crippen LogP contribution >= 0.6 is 0 Å². The van der Waals surface area contributed by atoms with E-state index >= 15 is 0 Å². The Bertz CT molecular complexity index is 894. The third-order valence-electron chi connectivity index (χ3n) is 4.15. The fourth-order valence-electron chi connectivity index (χ4n) is 2.82. The van der Waals surface area contributed by atoms with E-state index in [0.717, 1.165) is 11.3 Å². The number of halogens is 1. The molecule has 1 atom stereocenters. The molecule has 0 aliphatic rings. The molecule has 0 bridgehead atoms. The van der Waals surface area contributed by atoms with Crippen molar-refractivity contribution in [1.82, 2.24) is 10.3 Å². The summed E-state index contributed by atoms with van der Waals surface area (Å²) in [5, 5.41) is 3.57. The molecule has 4 nitrogen and oxygen atoms in total. The van der Waals surface area contributed by atoms with Crippen LogP contribution in [0.15, 0.2) is 54.7 Å². The molecule has 1 heterocycles. The van der Waals surface area contributed by atoms with Gasteiger partial charge in [-0.1, -0.05) is 25.1 Å². The maximum atomic E-state index is 13.9. The predicted octanol–water partition coefficient (Wildman–Crippen LogP) is 4.26. The van der Waals surface area contributed by atoms with Crippen molar-refractivity contribution < 1.29 is 13.9 Å². The number of rotatable bonds is 5. The van der Waals surface area contributed by atoms with Gasteiger partial charge in [-0.15, -0.1) is 0 Å². The maximum Gasteiger partial charge on any atom is 0.254 e. The van der Waals surface area contributed by atoms with E-state index in [9.17, 15) is 9.18 Å². The van der Waals surface area contributed by atoms with Crippen molar-refractivity contribution in [3.63, 3.8) is 0 Å². The van der Waals surface area contributed by atoms with Gasteiger partial charge in [0.05, 0.1) is 24.2 Å². The molecule has 0 spiro atoms. The number of amides is 1. The van der Waals surface area contributed by atoms with Crippen molar-refractivity contribution in [2.75, 3.05) is 7.11 Å². The number of fused-ring (bicyclic) bond motifs is 1. The predicted molar refractivity (Wildman–Crippen MR) is 95.2 cm³/mol. The number of nitrogens with zero attached hydrogens (tertiary/aromatic N) is 1. The molecule has 128 valence electrons. The van der Waals surface area contributed by atoms with Crippen LogP contribution in [0.3, 0.4) is 0 Å². The van der Waals surface area contributed by atoms with Crippen molar-refractivity contribution in [2.24, 2.45) is 0 Å². The third kappa shape index (κ3) is 3.60. The number of methoxy groups -OCH3 is 1. The third-order valence-corrected chi connectivity index (χ3v) is 4.15. The van der Waals surface area contributed by atoms with E-state index in [1.54, 1.807) is 25.4 Å². The fraction of sp³-hybridized carbons (Fsp3) is 0.200. The van der Waals surface area contributed by atoms with Crippen molar-refractivity contribution in [1.29, 1.82) is 0 Å². The summed E-state index contributed by atoms with van der Waals surface area (Å²) >= 11 is 0. The van der Waals surface area contributed by atoms with Gasteiger partial charge in [0, 0.05) is 11.6 Å². The molecular weight excluding hydrogens is 319 g/mol. The summed E-state index contributed by atoms with van der Waals surface area (Å²) in [7, 11) is 1.61. The normalized spacial score (nSPS) is 12.0. The van der Waals surface area contributed by atoms with Crippen molar-refractivity contribution in [2.45, 2.75) is 19.4 Å². The zero-order chi connectivity index (χ0) is 17.8. The largest absolute Gasteiger partial charge is 0.497 e. The second-order valence-electron chi connectivity index (χ2n) is 5.74. The summed E-state index contributed by atoms with van der Waals surface area (Å²) in [6.07, 6.45) is 2.30. The van der Waals surface area contributed by atoms with Gasteiger partial charge in [-0.05, 0) is 42.3 Å². The molecule has 0 saturated heterocycles. The zero-order valence-electron chi connectivity index (χ0n) is 14.1. The van der Waals surface area contributed by atoms with Crippen LogP contribution < -0.4 is 10.1 Å². The minimum Gasteiger partial charge on any atom is -0.497 e. The van der Waals surface area contributed by atoms with Gasteiger partial charge in [0.15, 0.2) is 0 Å². The Kier molecular flexibility index (Phi) is 4.93. The first-order valence-corrected chi connectivity index (χ1v) is 8.11. The topological polar surface area (TPSA) is 51.2 Å². The fourth-order valence-corrected chi connectivity index (χ4v) is 2.82. The Morgan fingerprint density at radius 1 is 1.24 bits per heavy atom. The van der Waals surface area contributed by atoms with Crippen LogP contribution in [0.5, 0.6) is 5.75 Å². The SMILES string of the molecule is CCC(NC(=O)c1cc(F)cc2cccnc12)c1ccc(OC)cc1. The number of nitrogens with one attached hydrogen (secondary N) is 1. The van der Waals surface area contributed by atoms with Gasteiger partial charge in [-0.3, -0.25) is 9.78 Å². The Labute approximate surface area is 145 Å². The van der Waals surface area contributed by atoms with Gasteiger partial charge in [-0.25, -0.2) is 4.39 Å². The highest BCUT2D eigenvalue weighted by atomic mass is 19.1. The van der Waals surface area contributed by atoms with Gasteiger partial charge < -0.3 is 10.1 Å². The first-order chi connectivity index (χ1) is 12.1. The van der Waals surface area contributed by atoms with Crippen LogP contribution in [-0.2, 0) is 0 Å². The molecule has 0 aliphatic heterocycles. The van der Waals surface area contributed by atoms with Crippen LogP contribution in [0, 0.1) is 5.82 Å². The summed E-state index contributed by atoms with van der Waals surface area (Å²) in [6, 6.07) is 13.4. The van der Waals surface area contributed by atoms with E-state index in [4.69, 9.17) is 4.74 Å². The van der Waals surface area contributed by atoms with Crippen LogP contribution in [-0.4, -0.2) is 18.0 Å². The lowest BCUT2D eigenvalue weighted by atomic mass is 10.0. The van der Waals surface area contributed by atoms with E-state index in [1.165, 1.54) is 12.1 Å². The van der Waals surface area contributed by atoms with Crippen molar-refractivity contribution in [3.8, 4) is 5.75 Å². The molecule has 1 aromatic heterocycles. The first kappa shape index (κ1) is 16.9. The van der Waals surface area contributed by atoms with E-state index in [-0.39, 0.29) is 17.5 Å². The number of hydrogen-bond donors (Lipinski definition) is 1. The molecule has 1 unspecified atom stereocenters. The molecule has 5 heteroatoms. The summed E-state index contributed by atoms with van der Waals surface area (Å²) in [5.41, 5.74) is 1.69. The highest BCUT2D eigenvalue weighted by molar-refractivity contribution is 6.05. The number of carbonyl (C=O) groups excluding carboxylic acids is 1. The van der Waals surface area contributed by atoms with Gasteiger partial charge in [0.1, 0.15) is 11.6 Å². The summed E-state index contributed by atoms with van der Waals surface area (Å²) in [4.78, 5) is 17.0. The smallest absolute Gasteiger partial charge is 0.254 e. The molecule has 0 aliphatic carbocycles. The summed E-state index contributed by atoms with van der Waals surface area (Å²) in [6.45, 7) is 1.98. The quantitative estimate of drug-likeness (QED) is 0.756. The zero-order valence-corrected chi connectivity index (χ0v) is 14.1. The number of carbonyl (C=O) groups is 1. The maximum absolute atomic E-state index is 13.9. The Balaban J connectivity index is 1.90. The molecule has 1 N–H and O–H groups in total. The van der Waals surface area contributed by atoms with Crippen molar-refractivity contribution in [3.05, 3.63) is 71.7 Å². The van der Waals surface area contributed by atoms with Gasteiger partial charge in [0.2, 0.25) is 0 Å². The Morgan fingerprint density at radius 2 is 2.00 bits per heavy atom. The van der Waals surface area contributed by atoms with Crippen molar-refractivity contribution >= 4 is 16.8 Å². The summed E-state index contributed by atoms with van der Waals surface area (Å²) < 4.78 is 19.0. The molecular formula is C20H19FN2O2. The average molecular weight is 338 g/mol. The lowest BCUT2D eigenvalue weighted by molar-refractivity contribution is 0.0936. The number of ether oxygens (including phenoxy) is 1. The molecule has 3 aromatic rings. The monoisotopic (exact) mass is 338 g/mol. The number of hydrogen-bond acceptors (Lipinski definition) is 3. The van der Waals surface area contributed by atoms with E-state index < -0.39 is 5.82 Å². The minimum atomic E-state index is -0.455. The first-order valence-electron chi connectivity index (χ1n) is 8.11. The molecule has 3 rings (SSSR count). The van der Waals surface area contributed by atoms with Gasteiger partial charge in [0.25, 0.3) is 5.91 Å². The molecule has 1 amide bonds. The molecule has 0 radical (unpaired) electrons. The lowest BCUT2D eigenvalue weighted by Crippen LogP contribution is -2.28. The van der Waals surface area contributed by atoms with E-state index in [2.05, 4.69) is 10.3 Å². The second-order valence-corrected chi connectivity index (χ2v) is 5.74. The standard InChI is InChI=1S/C20H19FN2O2/c1-3-18(13-6-8-16(25-2)9-7-13)23-20(24)17-12-15(21)11-14-5-4-10-22-19(14)17/h4-12,18H,3H2,1-2H3,(H,23,24). The van der Waals surface area contributed by atoms with E-state index in [0.29, 0.717) is 17.3 Å². The Morgan fingerprint density at radius 3 is 2.68 bits per heavy atom. The van der Waals surface area contributed by atoms with Gasteiger partial charge in [-0.2, -0.15) is 0 Å². The van der Waals surface area contributed by atoms with Crippen LogP contribution in [0.1, 0.15) is 35.3 Å². The highest BCUT2D eigenvalue weighted by Gasteiger charge is 2.18. The van der Waals surface area contributed by atoms with E-state index in [1.807, 2.05) is 31.2 Å².